The first-order valence-corrected chi connectivity index (χ1v) is 21.8. The molecule has 3 aliphatic carbocycles. The highest BCUT2D eigenvalue weighted by molar-refractivity contribution is 5.93. The number of allylic oxidation sites excluding steroid dienone is 11. The number of hydrogen-bond donors (Lipinski definition) is 0. The Labute approximate surface area is 363 Å². The normalized spacial score (nSPS) is 17.6. The minimum atomic E-state index is -0.368. The molecule has 0 aromatic heterocycles. The van der Waals surface area contributed by atoms with Crippen LogP contribution >= 0.6 is 0 Å². The Bertz CT molecular complexity index is 2880. The molecular weight excluding hydrogens is 735 g/mol. The second-order valence-corrected chi connectivity index (χ2v) is 17.4. The van der Waals surface area contributed by atoms with Gasteiger partial charge in [0.05, 0.1) is 11.1 Å². The zero-order valence-electron chi connectivity index (χ0n) is 36.1. The topological polar surface area (TPSA) is 3.24 Å². The molecule has 6 aromatic carbocycles. The molecule has 0 radical (unpaired) electrons. The highest BCUT2D eigenvalue weighted by Crippen LogP contribution is 2.53. The molecule has 0 saturated heterocycles. The number of benzene rings is 6. The van der Waals surface area contributed by atoms with Gasteiger partial charge in [-0.2, -0.15) is 0 Å². The van der Waals surface area contributed by atoms with E-state index in [1.165, 1.54) is 77.6 Å². The van der Waals surface area contributed by atoms with E-state index in [4.69, 9.17) is 6.58 Å². The summed E-state index contributed by atoms with van der Waals surface area (Å²) in [6.45, 7) is 18.5. The van der Waals surface area contributed by atoms with E-state index in [1.54, 1.807) is 0 Å². The molecule has 1 heteroatoms. The monoisotopic (exact) mass is 789 g/mol. The van der Waals surface area contributed by atoms with Gasteiger partial charge in [0.1, 0.15) is 0 Å². The lowest BCUT2D eigenvalue weighted by atomic mass is 9.69. The fourth-order valence-corrected chi connectivity index (χ4v) is 10.0. The smallest absolute Gasteiger partial charge is 0.0643 e. The maximum Gasteiger partial charge on any atom is 0.0643 e. The van der Waals surface area contributed by atoms with Crippen LogP contribution in [0.3, 0.4) is 0 Å². The van der Waals surface area contributed by atoms with Gasteiger partial charge in [-0.05, 0) is 129 Å². The van der Waals surface area contributed by atoms with Gasteiger partial charge in [0.25, 0.3) is 0 Å². The Hall–Kier alpha value is -6.70. The second kappa shape index (κ2) is 16.4. The molecule has 61 heavy (non-hydrogen) atoms. The van der Waals surface area contributed by atoms with Crippen LogP contribution in [-0.2, 0) is 10.8 Å². The van der Waals surface area contributed by atoms with Crippen molar-refractivity contribution in [2.45, 2.75) is 64.2 Å². The minimum absolute atomic E-state index is 0.183. The quantitative estimate of drug-likeness (QED) is 0.112. The second-order valence-electron chi connectivity index (χ2n) is 17.4. The summed E-state index contributed by atoms with van der Waals surface area (Å²) in [6.07, 6.45) is 24.8. The van der Waals surface area contributed by atoms with E-state index >= 15 is 0 Å². The van der Waals surface area contributed by atoms with Crippen LogP contribution in [0.4, 0.5) is 5.69 Å². The van der Waals surface area contributed by atoms with Crippen molar-refractivity contribution in [2.75, 3.05) is 4.90 Å². The SMILES string of the molecule is C=C(CC/C=C/N(C(=C)/C=C\C1=CC(C2=CCCC=C2)(c2ccccc2)c2ccccc21)c1cccc2c1C(C)(C)c1ccccc1-2)/C(C)=C/c1c(C)ccc2ccccc12. The van der Waals surface area contributed by atoms with Crippen molar-refractivity contribution < 1.29 is 0 Å². The Morgan fingerprint density at radius 3 is 2.26 bits per heavy atom. The summed E-state index contributed by atoms with van der Waals surface area (Å²) in [7, 11) is 0. The number of aryl methyl sites for hydroxylation is 1. The van der Waals surface area contributed by atoms with Crippen LogP contribution in [0.1, 0.15) is 85.4 Å². The number of anilines is 1. The van der Waals surface area contributed by atoms with Crippen LogP contribution < -0.4 is 4.90 Å². The average molecular weight is 790 g/mol. The Morgan fingerprint density at radius 1 is 0.738 bits per heavy atom. The van der Waals surface area contributed by atoms with Crippen LogP contribution in [0.5, 0.6) is 0 Å². The van der Waals surface area contributed by atoms with Crippen molar-refractivity contribution in [3.8, 4) is 11.1 Å². The molecule has 0 aliphatic heterocycles. The highest BCUT2D eigenvalue weighted by atomic mass is 15.1. The molecule has 300 valence electrons. The van der Waals surface area contributed by atoms with E-state index in [1.807, 2.05) is 0 Å². The van der Waals surface area contributed by atoms with Crippen LogP contribution in [0.2, 0.25) is 0 Å². The molecule has 0 saturated carbocycles. The summed E-state index contributed by atoms with van der Waals surface area (Å²) in [5, 5.41) is 2.54. The molecule has 0 N–H and O–H groups in total. The van der Waals surface area contributed by atoms with Gasteiger partial charge in [0.15, 0.2) is 0 Å². The van der Waals surface area contributed by atoms with Gasteiger partial charge >= 0.3 is 0 Å². The Balaban J connectivity index is 1.06. The van der Waals surface area contributed by atoms with E-state index in [2.05, 4.69) is 227 Å². The van der Waals surface area contributed by atoms with E-state index < -0.39 is 0 Å². The zero-order valence-corrected chi connectivity index (χ0v) is 36.1. The van der Waals surface area contributed by atoms with Crippen LogP contribution in [0.25, 0.3) is 33.5 Å². The summed E-state index contributed by atoms with van der Waals surface area (Å²) >= 11 is 0. The highest BCUT2D eigenvalue weighted by Gasteiger charge is 2.42. The zero-order chi connectivity index (χ0) is 42.1. The molecule has 3 aliphatic rings. The predicted molar refractivity (Wildman–Crippen MR) is 263 cm³/mol. The van der Waals surface area contributed by atoms with Gasteiger partial charge in [-0.3, -0.25) is 0 Å². The fourth-order valence-electron chi connectivity index (χ4n) is 10.0. The van der Waals surface area contributed by atoms with Crippen molar-refractivity contribution in [3.05, 3.63) is 257 Å². The first-order chi connectivity index (χ1) is 29.7. The molecule has 1 atom stereocenters. The van der Waals surface area contributed by atoms with Crippen LogP contribution in [0, 0.1) is 6.92 Å². The standard InChI is InChI=1S/C60H55N/c1-42(44(3)40-54-43(2)35-37-46-23-13-14-28-50(46)54)22-19-20-39-61(57-34-21-31-53-52-30-16-17-32-55(52)59(5,6)58(53)57)45(4)36-38-47-41-60(48-24-9-7-10-25-48,49-26-11-8-12-27-49)56-33-18-15-29-51(47)56/h7,9-11,13-18,20-21,23-41H,1,4,8,12,19,22H2,2-3,5-6H3/b38-36-,39-20+,44-40+. The summed E-state index contributed by atoms with van der Waals surface area (Å²) in [5.41, 5.74) is 18.1. The minimum Gasteiger partial charge on any atom is -0.318 e. The number of rotatable bonds is 12. The third kappa shape index (κ3) is 7.13. The lowest BCUT2D eigenvalue weighted by molar-refractivity contribution is 0.660. The first-order valence-electron chi connectivity index (χ1n) is 21.8. The lowest BCUT2D eigenvalue weighted by Crippen LogP contribution is -2.26. The maximum absolute atomic E-state index is 4.79. The first kappa shape index (κ1) is 39.7. The summed E-state index contributed by atoms with van der Waals surface area (Å²) < 4.78 is 0. The van der Waals surface area contributed by atoms with E-state index in [0.29, 0.717) is 0 Å². The molecule has 1 nitrogen and oxygen atoms in total. The van der Waals surface area contributed by atoms with Gasteiger partial charge < -0.3 is 4.90 Å². The van der Waals surface area contributed by atoms with Crippen molar-refractivity contribution in [1.29, 1.82) is 0 Å². The third-order valence-corrected chi connectivity index (χ3v) is 13.3. The van der Waals surface area contributed by atoms with Gasteiger partial charge in [-0.15, -0.1) is 0 Å². The molecule has 0 fully saturated rings. The largest absolute Gasteiger partial charge is 0.318 e. The summed E-state index contributed by atoms with van der Waals surface area (Å²) in [6, 6.07) is 48.6. The molecule has 1 unspecified atom stereocenters. The van der Waals surface area contributed by atoms with Crippen molar-refractivity contribution in [2.24, 2.45) is 0 Å². The van der Waals surface area contributed by atoms with Crippen molar-refractivity contribution in [3.63, 3.8) is 0 Å². The molecule has 6 aromatic rings. The van der Waals surface area contributed by atoms with Gasteiger partial charge in [-0.1, -0.05) is 203 Å². The van der Waals surface area contributed by atoms with E-state index in [-0.39, 0.29) is 10.8 Å². The Kier molecular flexibility index (Phi) is 10.7. The maximum atomic E-state index is 4.79. The molecule has 0 heterocycles. The van der Waals surface area contributed by atoms with Crippen LogP contribution in [0.15, 0.2) is 218 Å². The number of nitrogens with zero attached hydrogens (tertiary/aromatic N) is 1. The lowest BCUT2D eigenvalue weighted by Gasteiger charge is -2.33. The molecule has 0 bridgehead atoms. The third-order valence-electron chi connectivity index (χ3n) is 13.3. The molecule has 0 amide bonds. The van der Waals surface area contributed by atoms with Crippen molar-refractivity contribution >= 4 is 28.1 Å². The van der Waals surface area contributed by atoms with Gasteiger partial charge in [0, 0.05) is 17.3 Å². The molecular formula is C60H55N. The Morgan fingerprint density at radius 2 is 1.46 bits per heavy atom. The van der Waals surface area contributed by atoms with Gasteiger partial charge in [0.2, 0.25) is 0 Å². The molecule has 9 rings (SSSR count). The summed E-state index contributed by atoms with van der Waals surface area (Å²) in [4.78, 5) is 2.31. The van der Waals surface area contributed by atoms with Gasteiger partial charge in [-0.25, -0.2) is 0 Å². The number of hydrogen-bond acceptors (Lipinski definition) is 1. The van der Waals surface area contributed by atoms with E-state index in [9.17, 15) is 0 Å². The van der Waals surface area contributed by atoms with Crippen LogP contribution in [-0.4, -0.2) is 0 Å². The fraction of sp³-hybridized carbons (Fsp3) is 0.167. The van der Waals surface area contributed by atoms with E-state index in [0.717, 1.165) is 42.6 Å². The number of fused-ring (bicyclic) bond motifs is 5. The van der Waals surface area contributed by atoms with Crippen molar-refractivity contribution in [1.82, 2.24) is 0 Å². The molecule has 0 spiro atoms. The summed E-state index contributed by atoms with van der Waals surface area (Å²) in [5.74, 6) is 0. The predicted octanol–water partition coefficient (Wildman–Crippen LogP) is 15.9. The average Bonchev–Trinajstić information content (AvgIpc) is 3.76.